The fraction of sp³-hybridized carbons (Fsp3) is 0.222. The molecule has 0 fully saturated rings. The number of nitrogens with two attached hydrogens (primary N) is 1. The number of carbonyl (C=O) groups is 1. The first-order valence-corrected chi connectivity index (χ1v) is 11.9. The molecule has 4 aromatic heterocycles. The molecule has 10 nitrogen and oxygen atoms in total. The van der Waals surface area contributed by atoms with Gasteiger partial charge in [-0.1, -0.05) is 13.0 Å². The molecule has 0 saturated carbocycles. The summed E-state index contributed by atoms with van der Waals surface area (Å²) in [5.74, 6) is -0.615. The Morgan fingerprint density at radius 3 is 2.73 bits per heavy atom. The van der Waals surface area contributed by atoms with Gasteiger partial charge in [0.2, 0.25) is 11.7 Å². The van der Waals surface area contributed by atoms with Crippen molar-refractivity contribution in [3.8, 4) is 5.88 Å². The van der Waals surface area contributed by atoms with E-state index in [1.165, 1.54) is 5.56 Å². The molecule has 5 rings (SSSR count). The zero-order valence-electron chi connectivity index (χ0n) is 20.8. The second-order valence-electron chi connectivity index (χ2n) is 8.84. The largest absolute Gasteiger partial charge is 0.475 e. The van der Waals surface area contributed by atoms with Gasteiger partial charge in [-0.15, -0.1) is 0 Å². The number of ether oxygens (including phenoxy) is 1. The van der Waals surface area contributed by atoms with Crippen LogP contribution in [0.5, 0.6) is 5.88 Å². The van der Waals surface area contributed by atoms with Crippen LogP contribution < -0.4 is 15.8 Å². The number of aryl methyl sites for hydroxylation is 3. The number of nitrogens with one attached hydrogen (secondary N) is 1. The minimum atomic E-state index is -1.24. The summed E-state index contributed by atoms with van der Waals surface area (Å²) < 4.78 is 7.78. The summed E-state index contributed by atoms with van der Waals surface area (Å²) in [6.07, 6.45) is 6.54. The third-order valence-electron chi connectivity index (χ3n) is 6.39. The molecule has 4 heterocycles. The average Bonchev–Trinajstić information content (AvgIpc) is 3.30. The number of hydrogen-bond acceptors (Lipinski definition) is 8. The van der Waals surface area contributed by atoms with Crippen LogP contribution in [-0.2, 0) is 19.6 Å². The summed E-state index contributed by atoms with van der Waals surface area (Å²) in [5.41, 5.74) is 11.9. The third-order valence-corrected chi connectivity index (χ3v) is 6.39. The van der Waals surface area contributed by atoms with Crippen molar-refractivity contribution in [1.82, 2.24) is 24.3 Å². The van der Waals surface area contributed by atoms with Crippen LogP contribution in [0.3, 0.4) is 0 Å². The fourth-order valence-electron chi connectivity index (χ4n) is 4.38. The third kappa shape index (κ3) is 4.86. The van der Waals surface area contributed by atoms with Crippen LogP contribution in [0.2, 0.25) is 0 Å². The molecule has 37 heavy (non-hydrogen) atoms. The van der Waals surface area contributed by atoms with Gasteiger partial charge in [0.15, 0.2) is 0 Å². The number of hydrogen-bond donors (Lipinski definition) is 3. The highest BCUT2D eigenvalue weighted by atomic mass is 16.5. The number of aromatic nitrogens is 5. The summed E-state index contributed by atoms with van der Waals surface area (Å²) in [6.45, 7) is 6.69. The van der Waals surface area contributed by atoms with Crippen LogP contribution in [0, 0.1) is 13.8 Å². The maximum absolute atomic E-state index is 11.7. The predicted octanol–water partition coefficient (Wildman–Crippen LogP) is 4.32. The van der Waals surface area contributed by atoms with Crippen LogP contribution in [0.4, 0.5) is 11.6 Å². The van der Waals surface area contributed by atoms with E-state index < -0.39 is 5.97 Å². The van der Waals surface area contributed by atoms with Gasteiger partial charge in [-0.2, -0.15) is 4.98 Å². The van der Waals surface area contributed by atoms with Gasteiger partial charge in [-0.25, -0.2) is 19.7 Å². The number of aromatic carboxylic acids is 1. The number of carboxylic acids is 1. The molecular weight excluding hydrogens is 470 g/mol. The molecule has 0 atom stereocenters. The van der Waals surface area contributed by atoms with E-state index in [-0.39, 0.29) is 18.3 Å². The van der Waals surface area contributed by atoms with Crippen molar-refractivity contribution < 1.29 is 14.6 Å². The van der Waals surface area contributed by atoms with Crippen molar-refractivity contribution in [2.45, 2.75) is 40.3 Å². The highest BCUT2D eigenvalue weighted by Gasteiger charge is 2.15. The number of nitrogens with zero attached hydrogens (tertiary/aromatic N) is 5. The predicted molar refractivity (Wildman–Crippen MR) is 141 cm³/mol. The smallest absolute Gasteiger partial charge is 0.374 e. The van der Waals surface area contributed by atoms with E-state index in [1.807, 2.05) is 54.9 Å². The Morgan fingerprint density at radius 1 is 1.11 bits per heavy atom. The highest BCUT2D eigenvalue weighted by molar-refractivity contribution is 5.94. The van der Waals surface area contributed by atoms with Crippen molar-refractivity contribution in [3.63, 3.8) is 0 Å². The minimum absolute atomic E-state index is 0.136. The molecule has 5 aromatic rings. The number of imidazole rings is 1. The lowest BCUT2D eigenvalue weighted by Crippen LogP contribution is -2.11. The Balaban J connectivity index is 1.37. The SMILES string of the molecule is CCc1ccc2nc(COc3cc(NCc4c(C)cc5c(N)nccc5c4C)nc(C(=O)O)n3)cn2c1. The Labute approximate surface area is 213 Å². The standard InChI is InChI=1S/C27H27N7O3/c1-4-17-5-6-23-31-18(13-34(23)12-17)14-37-24-10-22(32-26(33-24)27(35)36)30-11-21-15(2)9-20-19(16(21)3)7-8-29-25(20)28/h5-10,12-13H,4,11,14H2,1-3H3,(H2,28,29)(H,35,36)(H,30,32,33). The summed E-state index contributed by atoms with van der Waals surface area (Å²) in [7, 11) is 0. The van der Waals surface area contributed by atoms with E-state index in [2.05, 4.69) is 32.2 Å². The Bertz CT molecular complexity index is 1650. The average molecular weight is 498 g/mol. The van der Waals surface area contributed by atoms with E-state index in [9.17, 15) is 9.90 Å². The molecule has 188 valence electrons. The van der Waals surface area contributed by atoms with Crippen LogP contribution in [-0.4, -0.2) is 35.4 Å². The van der Waals surface area contributed by atoms with E-state index >= 15 is 0 Å². The van der Waals surface area contributed by atoms with Gasteiger partial charge in [0.1, 0.15) is 23.9 Å². The Hall–Kier alpha value is -4.73. The van der Waals surface area contributed by atoms with E-state index in [1.54, 1.807) is 12.3 Å². The zero-order chi connectivity index (χ0) is 26.1. The summed E-state index contributed by atoms with van der Waals surface area (Å²) >= 11 is 0. The maximum atomic E-state index is 11.7. The highest BCUT2D eigenvalue weighted by Crippen LogP contribution is 2.28. The van der Waals surface area contributed by atoms with Gasteiger partial charge in [0, 0.05) is 36.6 Å². The van der Waals surface area contributed by atoms with E-state index in [0.717, 1.165) is 39.5 Å². The van der Waals surface area contributed by atoms with Gasteiger partial charge in [-0.3, -0.25) is 0 Å². The lowest BCUT2D eigenvalue weighted by Gasteiger charge is -2.15. The number of fused-ring (bicyclic) bond motifs is 2. The molecule has 0 spiro atoms. The van der Waals surface area contributed by atoms with Gasteiger partial charge in [0.05, 0.1) is 5.69 Å². The molecule has 0 unspecified atom stereocenters. The molecular formula is C27H27N7O3. The monoisotopic (exact) mass is 497 g/mol. The number of benzene rings is 1. The molecule has 10 heteroatoms. The molecule has 0 radical (unpaired) electrons. The molecule has 0 aliphatic carbocycles. The molecule has 4 N–H and O–H groups in total. The molecule has 0 aliphatic heterocycles. The van der Waals surface area contributed by atoms with Crippen LogP contribution in [0.1, 0.15) is 45.5 Å². The van der Waals surface area contributed by atoms with Crippen LogP contribution >= 0.6 is 0 Å². The second kappa shape index (κ2) is 9.73. The summed E-state index contributed by atoms with van der Waals surface area (Å²) in [6, 6.07) is 9.53. The van der Waals surface area contributed by atoms with Gasteiger partial charge < -0.3 is 25.3 Å². The topological polar surface area (TPSA) is 141 Å². The number of nitrogen functional groups attached to an aromatic ring is 1. The van der Waals surface area contributed by atoms with Gasteiger partial charge in [0.25, 0.3) is 0 Å². The number of carboxylic acid groups (broad SMARTS) is 1. The lowest BCUT2D eigenvalue weighted by atomic mass is 9.96. The zero-order valence-corrected chi connectivity index (χ0v) is 20.8. The fourth-order valence-corrected chi connectivity index (χ4v) is 4.38. The van der Waals surface area contributed by atoms with Crippen LogP contribution in [0.25, 0.3) is 16.4 Å². The number of pyridine rings is 2. The molecule has 0 saturated heterocycles. The molecule has 0 aliphatic rings. The summed E-state index contributed by atoms with van der Waals surface area (Å²) in [5, 5.41) is 14.7. The number of anilines is 2. The van der Waals surface area contributed by atoms with E-state index in [4.69, 9.17) is 10.5 Å². The van der Waals surface area contributed by atoms with Crippen molar-refractivity contribution in [3.05, 3.63) is 82.7 Å². The van der Waals surface area contributed by atoms with Crippen molar-refractivity contribution in [2.75, 3.05) is 11.1 Å². The van der Waals surface area contributed by atoms with E-state index in [0.29, 0.717) is 23.9 Å². The van der Waals surface area contributed by atoms with Crippen molar-refractivity contribution in [2.24, 2.45) is 0 Å². The lowest BCUT2D eigenvalue weighted by molar-refractivity contribution is 0.0682. The first-order valence-electron chi connectivity index (χ1n) is 11.9. The van der Waals surface area contributed by atoms with Crippen molar-refractivity contribution in [1.29, 1.82) is 0 Å². The molecule has 0 amide bonds. The minimum Gasteiger partial charge on any atom is -0.475 e. The molecule has 0 bridgehead atoms. The summed E-state index contributed by atoms with van der Waals surface area (Å²) in [4.78, 5) is 28.6. The van der Waals surface area contributed by atoms with Gasteiger partial charge >= 0.3 is 5.97 Å². The Kier molecular flexibility index (Phi) is 6.31. The Morgan fingerprint density at radius 2 is 1.95 bits per heavy atom. The molecule has 1 aromatic carbocycles. The van der Waals surface area contributed by atoms with Crippen molar-refractivity contribution >= 4 is 34.0 Å². The normalized spacial score (nSPS) is 11.2. The van der Waals surface area contributed by atoms with Crippen LogP contribution in [0.15, 0.2) is 48.9 Å². The second-order valence-corrected chi connectivity index (χ2v) is 8.84. The first-order chi connectivity index (χ1) is 17.8. The first kappa shape index (κ1) is 24.0. The quantitative estimate of drug-likeness (QED) is 0.286. The number of rotatable bonds is 8. The van der Waals surface area contributed by atoms with Gasteiger partial charge in [-0.05, 0) is 66.1 Å². The maximum Gasteiger partial charge on any atom is 0.374 e.